The molecule has 17 heavy (non-hydrogen) atoms. The van der Waals surface area contributed by atoms with Crippen LogP contribution in [0.3, 0.4) is 0 Å². The van der Waals surface area contributed by atoms with Crippen molar-refractivity contribution >= 4 is 29.1 Å². The van der Waals surface area contributed by atoms with Gasteiger partial charge in [-0.05, 0) is 18.6 Å². The van der Waals surface area contributed by atoms with E-state index in [-0.39, 0.29) is 5.91 Å². The number of fused-ring (bicyclic) bond motifs is 2. The summed E-state index contributed by atoms with van der Waals surface area (Å²) >= 11 is 12.0. The van der Waals surface area contributed by atoms with E-state index in [9.17, 15) is 4.79 Å². The fourth-order valence-electron chi connectivity index (χ4n) is 2.63. The molecule has 1 aromatic carbocycles. The predicted octanol–water partition coefficient (Wildman–Crippen LogP) is 2.18. The molecular weight excluding hydrogens is 259 g/mol. The first-order chi connectivity index (χ1) is 8.16. The zero-order valence-corrected chi connectivity index (χ0v) is 10.6. The number of piperazine rings is 1. The number of nitrogens with zero attached hydrogens (tertiary/aromatic N) is 1. The molecule has 3 rings (SSSR count). The molecule has 0 radical (unpaired) electrons. The van der Waals surface area contributed by atoms with Crippen molar-refractivity contribution < 1.29 is 4.79 Å². The van der Waals surface area contributed by atoms with Crippen molar-refractivity contribution in [1.29, 1.82) is 0 Å². The van der Waals surface area contributed by atoms with E-state index in [1.807, 2.05) is 4.90 Å². The summed E-state index contributed by atoms with van der Waals surface area (Å²) in [5.41, 5.74) is 0.506. The molecule has 2 fully saturated rings. The molecule has 1 N–H and O–H groups in total. The molecule has 2 aliphatic heterocycles. The highest BCUT2D eigenvalue weighted by molar-refractivity contribution is 6.43. The minimum absolute atomic E-state index is 0.00787. The molecule has 0 saturated carbocycles. The lowest BCUT2D eigenvalue weighted by molar-refractivity contribution is 0.0716. The number of benzene rings is 1. The minimum atomic E-state index is -0.00787. The van der Waals surface area contributed by atoms with Gasteiger partial charge in [-0.2, -0.15) is 0 Å². The molecule has 1 aromatic rings. The van der Waals surface area contributed by atoms with Gasteiger partial charge in [0.2, 0.25) is 0 Å². The Bertz CT molecular complexity index is 478. The van der Waals surface area contributed by atoms with E-state index in [2.05, 4.69) is 5.32 Å². The third-order valence-corrected chi connectivity index (χ3v) is 4.32. The number of carbonyl (C=O) groups is 1. The SMILES string of the molecule is O=C(c1cccc(Cl)c1Cl)N1CC2CC1CN2. The Morgan fingerprint density at radius 2 is 2.24 bits per heavy atom. The van der Waals surface area contributed by atoms with Gasteiger partial charge < -0.3 is 10.2 Å². The first-order valence-electron chi connectivity index (χ1n) is 5.65. The molecular formula is C12H12Cl2N2O. The predicted molar refractivity (Wildman–Crippen MR) is 67.7 cm³/mol. The van der Waals surface area contributed by atoms with Crippen LogP contribution in [0.2, 0.25) is 10.0 Å². The number of rotatable bonds is 1. The van der Waals surface area contributed by atoms with Gasteiger partial charge >= 0.3 is 0 Å². The Hall–Kier alpha value is -0.770. The molecule has 0 aromatic heterocycles. The maximum Gasteiger partial charge on any atom is 0.255 e. The Kier molecular flexibility index (Phi) is 2.77. The van der Waals surface area contributed by atoms with Crippen molar-refractivity contribution in [3.63, 3.8) is 0 Å². The standard InChI is InChI=1S/C12H12Cl2N2O/c13-10-3-1-2-9(11(10)14)12(17)16-6-7-4-8(16)5-15-7/h1-3,7-8,15H,4-6H2. The first-order valence-corrected chi connectivity index (χ1v) is 6.41. The van der Waals surface area contributed by atoms with Gasteiger partial charge in [-0.1, -0.05) is 29.3 Å². The van der Waals surface area contributed by atoms with Crippen LogP contribution in [0, 0.1) is 0 Å². The van der Waals surface area contributed by atoms with Crippen molar-refractivity contribution in [3.8, 4) is 0 Å². The van der Waals surface area contributed by atoms with Gasteiger partial charge in [0.05, 0.1) is 15.6 Å². The van der Waals surface area contributed by atoms with Crippen LogP contribution in [0.4, 0.5) is 0 Å². The lowest BCUT2D eigenvalue weighted by Gasteiger charge is -2.27. The number of likely N-dealkylation sites (tertiary alicyclic amines) is 1. The summed E-state index contributed by atoms with van der Waals surface area (Å²) < 4.78 is 0. The summed E-state index contributed by atoms with van der Waals surface area (Å²) in [6, 6.07) is 5.94. The van der Waals surface area contributed by atoms with Crippen molar-refractivity contribution in [3.05, 3.63) is 33.8 Å². The summed E-state index contributed by atoms with van der Waals surface area (Å²) in [4.78, 5) is 14.3. The lowest BCUT2D eigenvalue weighted by Crippen LogP contribution is -2.46. The average Bonchev–Trinajstić information content (AvgIpc) is 2.94. The van der Waals surface area contributed by atoms with Crippen LogP contribution in [-0.4, -0.2) is 36.0 Å². The van der Waals surface area contributed by atoms with E-state index >= 15 is 0 Å². The Balaban J connectivity index is 1.89. The Morgan fingerprint density at radius 1 is 1.41 bits per heavy atom. The molecule has 2 unspecified atom stereocenters. The van der Waals surface area contributed by atoms with Gasteiger partial charge in [-0.15, -0.1) is 0 Å². The van der Waals surface area contributed by atoms with Gasteiger partial charge in [0.25, 0.3) is 5.91 Å². The van der Waals surface area contributed by atoms with Crippen molar-refractivity contribution in [2.45, 2.75) is 18.5 Å². The van der Waals surface area contributed by atoms with Crippen LogP contribution in [0.15, 0.2) is 18.2 Å². The van der Waals surface area contributed by atoms with Gasteiger partial charge in [0.1, 0.15) is 0 Å². The summed E-state index contributed by atoms with van der Waals surface area (Å²) in [5.74, 6) is -0.00787. The summed E-state index contributed by atoms with van der Waals surface area (Å²) in [6.07, 6.45) is 1.05. The third-order valence-electron chi connectivity index (χ3n) is 3.50. The van der Waals surface area contributed by atoms with Crippen molar-refractivity contribution in [2.75, 3.05) is 13.1 Å². The molecule has 2 aliphatic rings. The molecule has 3 nitrogen and oxygen atoms in total. The molecule has 1 amide bonds. The molecule has 2 bridgehead atoms. The Morgan fingerprint density at radius 3 is 2.88 bits per heavy atom. The molecule has 0 spiro atoms. The highest BCUT2D eigenvalue weighted by Crippen LogP contribution is 2.30. The van der Waals surface area contributed by atoms with Gasteiger partial charge in [-0.3, -0.25) is 4.79 Å². The number of carbonyl (C=O) groups excluding carboxylic acids is 1. The van der Waals surface area contributed by atoms with E-state index in [4.69, 9.17) is 23.2 Å². The average molecular weight is 271 g/mol. The van der Waals surface area contributed by atoms with Crippen molar-refractivity contribution in [1.82, 2.24) is 10.2 Å². The maximum atomic E-state index is 12.4. The zero-order chi connectivity index (χ0) is 12.0. The summed E-state index contributed by atoms with van der Waals surface area (Å²) in [6.45, 7) is 1.65. The quantitative estimate of drug-likeness (QED) is 0.849. The number of hydrogen-bond acceptors (Lipinski definition) is 2. The van der Waals surface area contributed by atoms with Crippen LogP contribution < -0.4 is 5.32 Å². The normalized spacial score (nSPS) is 26.6. The molecule has 90 valence electrons. The minimum Gasteiger partial charge on any atom is -0.333 e. The number of amides is 1. The van der Waals surface area contributed by atoms with E-state index in [1.54, 1.807) is 18.2 Å². The zero-order valence-electron chi connectivity index (χ0n) is 9.12. The summed E-state index contributed by atoms with van der Waals surface area (Å²) in [7, 11) is 0. The van der Waals surface area contributed by atoms with Crippen LogP contribution in [0.25, 0.3) is 0 Å². The first kappa shape index (κ1) is 11.3. The van der Waals surface area contributed by atoms with Gasteiger partial charge in [0.15, 0.2) is 0 Å². The van der Waals surface area contributed by atoms with E-state index < -0.39 is 0 Å². The molecule has 2 atom stereocenters. The second kappa shape index (κ2) is 4.16. The fraction of sp³-hybridized carbons (Fsp3) is 0.417. The molecule has 2 heterocycles. The number of nitrogens with one attached hydrogen (secondary N) is 1. The smallest absolute Gasteiger partial charge is 0.255 e. The largest absolute Gasteiger partial charge is 0.333 e. The van der Waals surface area contributed by atoms with Crippen LogP contribution in [-0.2, 0) is 0 Å². The summed E-state index contributed by atoms with van der Waals surface area (Å²) in [5, 5.41) is 4.15. The van der Waals surface area contributed by atoms with Crippen LogP contribution in [0.1, 0.15) is 16.8 Å². The highest BCUT2D eigenvalue weighted by atomic mass is 35.5. The van der Waals surface area contributed by atoms with E-state index in [0.29, 0.717) is 27.7 Å². The van der Waals surface area contributed by atoms with E-state index in [0.717, 1.165) is 19.5 Å². The monoisotopic (exact) mass is 270 g/mol. The number of hydrogen-bond donors (Lipinski definition) is 1. The lowest BCUT2D eigenvalue weighted by atomic mass is 10.1. The highest BCUT2D eigenvalue weighted by Gasteiger charge is 2.40. The van der Waals surface area contributed by atoms with Crippen LogP contribution in [0.5, 0.6) is 0 Å². The second-order valence-corrected chi connectivity index (χ2v) is 5.34. The van der Waals surface area contributed by atoms with Gasteiger partial charge in [0, 0.05) is 25.2 Å². The molecule has 2 saturated heterocycles. The second-order valence-electron chi connectivity index (χ2n) is 4.55. The van der Waals surface area contributed by atoms with Gasteiger partial charge in [-0.25, -0.2) is 0 Å². The molecule has 5 heteroatoms. The maximum absolute atomic E-state index is 12.4. The third kappa shape index (κ3) is 1.82. The van der Waals surface area contributed by atoms with Crippen molar-refractivity contribution in [2.24, 2.45) is 0 Å². The molecule has 0 aliphatic carbocycles. The van der Waals surface area contributed by atoms with E-state index in [1.165, 1.54) is 0 Å². The number of halogens is 2. The Labute approximate surface area is 110 Å². The van der Waals surface area contributed by atoms with Crippen LogP contribution >= 0.6 is 23.2 Å². The topological polar surface area (TPSA) is 32.3 Å². The fourth-order valence-corrected chi connectivity index (χ4v) is 3.01.